The Morgan fingerprint density at radius 3 is 3.00 bits per heavy atom. The maximum Gasteiger partial charge on any atom is 0.0764 e. The van der Waals surface area contributed by atoms with E-state index in [9.17, 15) is 5.11 Å². The second-order valence-electron chi connectivity index (χ2n) is 7.35. The molecule has 2 aliphatic rings. The molecule has 22 heavy (non-hydrogen) atoms. The van der Waals surface area contributed by atoms with Gasteiger partial charge in [-0.3, -0.25) is 9.58 Å². The fourth-order valence-electron chi connectivity index (χ4n) is 3.84. The average molecular weight is 307 g/mol. The number of hydrogen-bond donors (Lipinski definition) is 1. The van der Waals surface area contributed by atoms with Crippen molar-refractivity contribution in [1.82, 2.24) is 14.7 Å². The van der Waals surface area contributed by atoms with Gasteiger partial charge in [0, 0.05) is 37.4 Å². The van der Waals surface area contributed by atoms with Gasteiger partial charge >= 0.3 is 0 Å². The van der Waals surface area contributed by atoms with E-state index in [2.05, 4.69) is 36.1 Å². The summed E-state index contributed by atoms with van der Waals surface area (Å²) in [6.07, 6.45) is 5.14. The highest BCUT2D eigenvalue weighted by Gasteiger charge is 2.44. The highest BCUT2D eigenvalue weighted by atomic mass is 16.5. The summed E-state index contributed by atoms with van der Waals surface area (Å²) in [6, 6.07) is 2.92. The predicted molar refractivity (Wildman–Crippen MR) is 85.6 cm³/mol. The summed E-state index contributed by atoms with van der Waals surface area (Å²) >= 11 is 0. The van der Waals surface area contributed by atoms with Gasteiger partial charge in [0.05, 0.1) is 17.9 Å². The van der Waals surface area contributed by atoms with Crippen LogP contribution in [0.25, 0.3) is 0 Å². The van der Waals surface area contributed by atoms with E-state index in [1.165, 1.54) is 6.42 Å². The van der Waals surface area contributed by atoms with Crippen molar-refractivity contribution in [1.29, 1.82) is 0 Å². The molecule has 0 aromatic carbocycles. The first-order valence-corrected chi connectivity index (χ1v) is 8.55. The molecule has 1 N–H and O–H groups in total. The molecule has 0 aliphatic carbocycles. The molecule has 0 bridgehead atoms. The highest BCUT2D eigenvalue weighted by molar-refractivity contribution is 5.03. The number of aromatic nitrogens is 2. The van der Waals surface area contributed by atoms with Gasteiger partial charge in [-0.2, -0.15) is 5.10 Å². The first kappa shape index (κ1) is 16.0. The minimum Gasteiger partial charge on any atom is -0.390 e. The third kappa shape index (κ3) is 3.21. The predicted octanol–water partition coefficient (Wildman–Crippen LogP) is 2.22. The normalized spacial score (nSPS) is 33.7. The van der Waals surface area contributed by atoms with Crippen LogP contribution in [0.15, 0.2) is 12.3 Å². The summed E-state index contributed by atoms with van der Waals surface area (Å²) in [5.41, 5.74) is 0.514. The van der Waals surface area contributed by atoms with Crippen LogP contribution in [0.1, 0.15) is 51.8 Å². The topological polar surface area (TPSA) is 50.5 Å². The SMILES string of the molecule is CC(C)n1ccc(CN2CCC[C@@H]2[C@@H]2COCC[C@]2(C)O)n1. The molecule has 2 saturated heterocycles. The van der Waals surface area contributed by atoms with Crippen molar-refractivity contribution in [2.45, 2.75) is 64.3 Å². The number of hydrogen-bond acceptors (Lipinski definition) is 4. The minimum absolute atomic E-state index is 0.205. The zero-order chi connectivity index (χ0) is 15.7. The molecule has 0 spiro atoms. The smallest absolute Gasteiger partial charge is 0.0764 e. The largest absolute Gasteiger partial charge is 0.390 e. The molecule has 124 valence electrons. The standard InChI is InChI=1S/C17H29N3O2/c1-13(2)20-9-6-14(18-20)11-19-8-4-5-16(19)15-12-22-10-7-17(15,3)21/h6,9,13,15-16,21H,4-5,7-8,10-12H2,1-3H3/t15-,16+,17-/m0/s1. The molecule has 2 aliphatic heterocycles. The lowest BCUT2D eigenvalue weighted by molar-refractivity contribution is -0.123. The Morgan fingerprint density at radius 1 is 1.50 bits per heavy atom. The molecular formula is C17H29N3O2. The van der Waals surface area contributed by atoms with E-state index >= 15 is 0 Å². The van der Waals surface area contributed by atoms with Crippen LogP contribution in [-0.2, 0) is 11.3 Å². The molecule has 3 atom stereocenters. The summed E-state index contributed by atoms with van der Waals surface area (Å²) in [7, 11) is 0. The first-order chi connectivity index (χ1) is 10.5. The van der Waals surface area contributed by atoms with Crippen molar-refractivity contribution in [3.8, 4) is 0 Å². The van der Waals surface area contributed by atoms with E-state index < -0.39 is 5.60 Å². The third-order valence-corrected chi connectivity index (χ3v) is 5.29. The number of aliphatic hydroxyl groups is 1. The lowest BCUT2D eigenvalue weighted by Gasteiger charge is -2.43. The van der Waals surface area contributed by atoms with Crippen LogP contribution in [-0.4, -0.2) is 51.2 Å². The Bertz CT molecular complexity index is 498. The van der Waals surface area contributed by atoms with Gasteiger partial charge in [-0.15, -0.1) is 0 Å². The van der Waals surface area contributed by atoms with Crippen molar-refractivity contribution in [2.24, 2.45) is 5.92 Å². The van der Waals surface area contributed by atoms with Gasteiger partial charge in [-0.1, -0.05) is 0 Å². The molecule has 3 rings (SSSR count). The molecular weight excluding hydrogens is 278 g/mol. The van der Waals surface area contributed by atoms with Crippen LogP contribution in [0.4, 0.5) is 0 Å². The summed E-state index contributed by atoms with van der Waals surface area (Å²) in [6.45, 7) is 9.58. The molecule has 0 amide bonds. The Kier molecular flexibility index (Phi) is 4.57. The van der Waals surface area contributed by atoms with E-state index in [1.807, 2.05) is 11.6 Å². The molecule has 2 fully saturated rings. The van der Waals surface area contributed by atoms with E-state index in [0.29, 0.717) is 25.3 Å². The molecule has 1 aromatic rings. The fraction of sp³-hybridized carbons (Fsp3) is 0.824. The van der Waals surface area contributed by atoms with E-state index in [4.69, 9.17) is 4.74 Å². The molecule has 0 unspecified atom stereocenters. The van der Waals surface area contributed by atoms with Gasteiger partial charge in [0.2, 0.25) is 0 Å². The molecule has 3 heterocycles. The van der Waals surface area contributed by atoms with Crippen LogP contribution in [0, 0.1) is 5.92 Å². The first-order valence-electron chi connectivity index (χ1n) is 8.55. The lowest BCUT2D eigenvalue weighted by Crippen LogP contribution is -2.52. The number of rotatable bonds is 4. The Labute approximate surface area is 133 Å². The van der Waals surface area contributed by atoms with Gasteiger partial charge in [0.25, 0.3) is 0 Å². The maximum absolute atomic E-state index is 10.7. The number of ether oxygens (including phenoxy) is 1. The molecule has 1 aromatic heterocycles. The molecule has 5 nitrogen and oxygen atoms in total. The van der Waals surface area contributed by atoms with Gasteiger partial charge in [-0.05, 0) is 52.6 Å². The Hall–Kier alpha value is -0.910. The minimum atomic E-state index is -0.608. The van der Waals surface area contributed by atoms with Crippen molar-refractivity contribution in [3.05, 3.63) is 18.0 Å². The van der Waals surface area contributed by atoms with Gasteiger partial charge in [0.15, 0.2) is 0 Å². The molecule has 0 saturated carbocycles. The van der Waals surface area contributed by atoms with Crippen LogP contribution in [0.5, 0.6) is 0 Å². The summed E-state index contributed by atoms with van der Waals surface area (Å²) < 4.78 is 7.67. The monoisotopic (exact) mass is 307 g/mol. The number of likely N-dealkylation sites (tertiary alicyclic amines) is 1. The maximum atomic E-state index is 10.7. The summed E-state index contributed by atoms with van der Waals surface area (Å²) in [5.74, 6) is 0.205. The van der Waals surface area contributed by atoms with Crippen LogP contribution in [0.3, 0.4) is 0 Å². The van der Waals surface area contributed by atoms with E-state index in [1.54, 1.807) is 0 Å². The average Bonchev–Trinajstić information content (AvgIpc) is 3.08. The third-order valence-electron chi connectivity index (χ3n) is 5.29. The molecule has 5 heteroatoms. The fourth-order valence-corrected chi connectivity index (χ4v) is 3.84. The van der Waals surface area contributed by atoms with Crippen molar-refractivity contribution in [3.63, 3.8) is 0 Å². The van der Waals surface area contributed by atoms with Crippen LogP contribution in [0.2, 0.25) is 0 Å². The summed E-state index contributed by atoms with van der Waals surface area (Å²) in [5, 5.41) is 15.4. The van der Waals surface area contributed by atoms with Gasteiger partial charge in [0.1, 0.15) is 0 Å². The highest BCUT2D eigenvalue weighted by Crippen LogP contribution is 2.36. The second kappa shape index (κ2) is 6.30. The molecule has 0 radical (unpaired) electrons. The Balaban J connectivity index is 1.69. The van der Waals surface area contributed by atoms with Crippen molar-refractivity contribution in [2.75, 3.05) is 19.8 Å². The number of nitrogens with zero attached hydrogens (tertiary/aromatic N) is 3. The quantitative estimate of drug-likeness (QED) is 0.926. The van der Waals surface area contributed by atoms with Gasteiger partial charge in [-0.25, -0.2) is 0 Å². The Morgan fingerprint density at radius 2 is 2.32 bits per heavy atom. The van der Waals surface area contributed by atoms with Crippen LogP contribution >= 0.6 is 0 Å². The van der Waals surface area contributed by atoms with E-state index in [0.717, 1.165) is 31.6 Å². The van der Waals surface area contributed by atoms with E-state index in [-0.39, 0.29) is 5.92 Å². The van der Waals surface area contributed by atoms with Crippen molar-refractivity contribution >= 4 is 0 Å². The second-order valence-corrected chi connectivity index (χ2v) is 7.35. The van der Waals surface area contributed by atoms with Crippen molar-refractivity contribution < 1.29 is 9.84 Å². The van der Waals surface area contributed by atoms with Crippen LogP contribution < -0.4 is 0 Å². The lowest BCUT2D eigenvalue weighted by atomic mass is 9.79. The van der Waals surface area contributed by atoms with Gasteiger partial charge < -0.3 is 9.84 Å². The summed E-state index contributed by atoms with van der Waals surface area (Å²) in [4.78, 5) is 2.49. The zero-order valence-electron chi connectivity index (χ0n) is 14.0. The zero-order valence-corrected chi connectivity index (χ0v) is 14.0.